The minimum atomic E-state index is -3.19. The predicted molar refractivity (Wildman–Crippen MR) is 96.5 cm³/mol. The molecule has 9 nitrogen and oxygen atoms in total. The van der Waals surface area contributed by atoms with E-state index in [1.54, 1.807) is 21.8 Å². The summed E-state index contributed by atoms with van der Waals surface area (Å²) in [5.41, 5.74) is 1.36. The van der Waals surface area contributed by atoms with E-state index in [1.807, 2.05) is 13.1 Å². The average molecular weight is 393 g/mol. The zero-order valence-corrected chi connectivity index (χ0v) is 16.2. The maximum atomic E-state index is 12.7. The van der Waals surface area contributed by atoms with E-state index in [0.717, 1.165) is 24.8 Å². The fourth-order valence-electron chi connectivity index (χ4n) is 3.84. The first-order valence-corrected chi connectivity index (χ1v) is 10.8. The summed E-state index contributed by atoms with van der Waals surface area (Å²) in [4.78, 5) is 14.4. The molecule has 2 aliphatic rings. The number of carbonyl (C=O) groups is 1. The number of nitrogens with zero attached hydrogens (tertiary/aromatic N) is 4. The van der Waals surface area contributed by atoms with Crippen LogP contribution < -0.4 is 4.72 Å². The van der Waals surface area contributed by atoms with E-state index in [9.17, 15) is 13.2 Å². The Hall–Kier alpha value is -2.20. The highest BCUT2D eigenvalue weighted by Crippen LogP contribution is 2.54. The molecule has 1 unspecified atom stereocenters. The van der Waals surface area contributed by atoms with E-state index in [4.69, 9.17) is 4.52 Å². The molecule has 1 N–H and O–H groups in total. The first kappa shape index (κ1) is 18.2. The number of carbonyl (C=O) groups excluding carboxylic acids is 1. The van der Waals surface area contributed by atoms with Gasteiger partial charge in [-0.2, -0.15) is 5.10 Å². The van der Waals surface area contributed by atoms with Gasteiger partial charge in [-0.05, 0) is 37.2 Å². The van der Waals surface area contributed by atoms with Gasteiger partial charge >= 0.3 is 0 Å². The number of hydrogen-bond acceptors (Lipinski definition) is 6. The van der Waals surface area contributed by atoms with Crippen molar-refractivity contribution in [2.45, 2.75) is 38.8 Å². The topological polar surface area (TPSA) is 110 Å². The Kier molecular flexibility index (Phi) is 4.34. The quantitative estimate of drug-likeness (QED) is 0.803. The SMILES string of the molecule is Cc1cnn(Cc2cc(C(=O)N3CCC4(CC3)CC4NS(C)(=O)=O)no2)c1. The van der Waals surface area contributed by atoms with Gasteiger partial charge in [-0.3, -0.25) is 9.48 Å². The molecule has 1 saturated heterocycles. The molecule has 0 bridgehead atoms. The third-order valence-corrected chi connectivity index (χ3v) is 6.16. The smallest absolute Gasteiger partial charge is 0.276 e. The van der Waals surface area contributed by atoms with Gasteiger partial charge in [-0.25, -0.2) is 13.1 Å². The molecule has 1 aliphatic carbocycles. The van der Waals surface area contributed by atoms with Crippen molar-refractivity contribution in [1.82, 2.24) is 24.6 Å². The molecule has 4 rings (SSSR count). The molecule has 2 aromatic rings. The molecule has 0 aromatic carbocycles. The molecule has 146 valence electrons. The van der Waals surface area contributed by atoms with Crippen molar-refractivity contribution >= 4 is 15.9 Å². The van der Waals surface area contributed by atoms with Crippen molar-refractivity contribution in [2.75, 3.05) is 19.3 Å². The van der Waals surface area contributed by atoms with Crippen molar-refractivity contribution in [2.24, 2.45) is 5.41 Å². The summed E-state index contributed by atoms with van der Waals surface area (Å²) in [7, 11) is -3.19. The lowest BCUT2D eigenvalue weighted by Gasteiger charge is -2.32. The predicted octanol–water partition coefficient (Wildman–Crippen LogP) is 0.772. The minimum absolute atomic E-state index is 0.000863. The van der Waals surface area contributed by atoms with E-state index in [0.29, 0.717) is 31.1 Å². The van der Waals surface area contributed by atoms with Gasteiger partial charge in [-0.15, -0.1) is 0 Å². The lowest BCUT2D eigenvalue weighted by Crippen LogP contribution is -2.41. The van der Waals surface area contributed by atoms with Gasteiger partial charge in [0.1, 0.15) is 6.54 Å². The third kappa shape index (κ3) is 3.91. The van der Waals surface area contributed by atoms with Gasteiger partial charge in [0.15, 0.2) is 11.5 Å². The Balaban J connectivity index is 1.34. The van der Waals surface area contributed by atoms with Crippen LogP contribution in [-0.4, -0.2) is 59.5 Å². The second kappa shape index (κ2) is 6.45. The van der Waals surface area contributed by atoms with Gasteiger partial charge in [0.2, 0.25) is 10.0 Å². The summed E-state index contributed by atoms with van der Waals surface area (Å²) < 4.78 is 32.5. The van der Waals surface area contributed by atoms with Crippen LogP contribution in [0.3, 0.4) is 0 Å². The second-order valence-corrected chi connectivity index (χ2v) is 9.48. The van der Waals surface area contributed by atoms with Gasteiger partial charge in [0.25, 0.3) is 5.91 Å². The van der Waals surface area contributed by atoms with Crippen LogP contribution in [0.1, 0.15) is 41.1 Å². The number of nitrogens with one attached hydrogen (secondary N) is 1. The summed E-state index contributed by atoms with van der Waals surface area (Å²) in [6.45, 7) is 3.58. The molecule has 27 heavy (non-hydrogen) atoms. The zero-order chi connectivity index (χ0) is 19.2. The minimum Gasteiger partial charge on any atom is -0.359 e. The molecule has 1 spiro atoms. The Morgan fingerprint density at radius 2 is 2.15 bits per heavy atom. The van der Waals surface area contributed by atoms with E-state index in [2.05, 4.69) is 15.0 Å². The lowest BCUT2D eigenvalue weighted by atomic mass is 9.92. The van der Waals surface area contributed by atoms with Crippen LogP contribution in [0.25, 0.3) is 0 Å². The molecule has 1 aliphatic heterocycles. The second-order valence-electron chi connectivity index (χ2n) is 7.70. The van der Waals surface area contributed by atoms with Crippen LogP contribution in [0.15, 0.2) is 23.0 Å². The number of likely N-dealkylation sites (tertiary alicyclic amines) is 1. The average Bonchev–Trinajstić information content (AvgIpc) is 2.95. The van der Waals surface area contributed by atoms with Gasteiger partial charge in [-0.1, -0.05) is 5.16 Å². The van der Waals surface area contributed by atoms with Gasteiger partial charge < -0.3 is 9.42 Å². The van der Waals surface area contributed by atoms with Crippen molar-refractivity contribution in [3.8, 4) is 0 Å². The number of aromatic nitrogens is 3. The Morgan fingerprint density at radius 1 is 1.41 bits per heavy atom. The molecule has 10 heteroatoms. The van der Waals surface area contributed by atoms with Crippen molar-refractivity contribution in [3.63, 3.8) is 0 Å². The monoisotopic (exact) mass is 393 g/mol. The first-order chi connectivity index (χ1) is 12.7. The number of aryl methyl sites for hydroxylation is 1. The number of rotatable bonds is 5. The number of amides is 1. The molecular weight excluding hydrogens is 370 g/mol. The fourth-order valence-corrected chi connectivity index (χ4v) is 4.69. The van der Waals surface area contributed by atoms with Crippen LogP contribution in [0.4, 0.5) is 0 Å². The number of piperidine rings is 1. The Morgan fingerprint density at radius 3 is 2.78 bits per heavy atom. The molecule has 2 fully saturated rings. The van der Waals surface area contributed by atoms with Crippen LogP contribution in [0.2, 0.25) is 0 Å². The normalized spacial score (nSPS) is 21.6. The Bertz CT molecular complexity index is 956. The number of hydrogen-bond donors (Lipinski definition) is 1. The maximum Gasteiger partial charge on any atom is 0.276 e. The molecule has 2 aromatic heterocycles. The summed E-state index contributed by atoms with van der Waals surface area (Å²) in [6.07, 6.45) is 7.27. The largest absolute Gasteiger partial charge is 0.359 e. The van der Waals surface area contributed by atoms with E-state index in [-0.39, 0.29) is 17.4 Å². The molecule has 1 saturated carbocycles. The third-order valence-electron chi connectivity index (χ3n) is 5.45. The first-order valence-electron chi connectivity index (χ1n) is 8.95. The number of sulfonamides is 1. The van der Waals surface area contributed by atoms with Crippen LogP contribution in [0.5, 0.6) is 0 Å². The highest BCUT2D eigenvalue weighted by molar-refractivity contribution is 7.88. The molecule has 1 amide bonds. The van der Waals surface area contributed by atoms with Crippen LogP contribution in [0, 0.1) is 12.3 Å². The highest BCUT2D eigenvalue weighted by atomic mass is 32.2. The summed E-state index contributed by atoms with van der Waals surface area (Å²) in [5, 5.41) is 8.11. The van der Waals surface area contributed by atoms with E-state index < -0.39 is 10.0 Å². The molecule has 1 atom stereocenters. The standard InChI is InChI=1S/C17H23N5O4S/c1-12-9-18-22(10-12)11-13-7-14(19-26-13)16(23)21-5-3-17(4-6-21)8-15(17)20-27(2,24)25/h7,9-10,15,20H,3-6,8,11H2,1-2H3. The highest BCUT2D eigenvalue weighted by Gasteiger charge is 2.56. The van der Waals surface area contributed by atoms with Crippen LogP contribution in [-0.2, 0) is 16.6 Å². The Labute approximate surface area is 157 Å². The molecule has 3 heterocycles. The lowest BCUT2D eigenvalue weighted by molar-refractivity contribution is 0.0663. The molecular formula is C17H23N5O4S. The van der Waals surface area contributed by atoms with Gasteiger partial charge in [0, 0.05) is 31.4 Å². The summed E-state index contributed by atoms with van der Waals surface area (Å²) >= 11 is 0. The maximum absolute atomic E-state index is 12.7. The van der Waals surface area contributed by atoms with Crippen molar-refractivity contribution in [1.29, 1.82) is 0 Å². The van der Waals surface area contributed by atoms with Crippen LogP contribution >= 0.6 is 0 Å². The van der Waals surface area contributed by atoms with E-state index in [1.165, 1.54) is 6.26 Å². The summed E-state index contributed by atoms with van der Waals surface area (Å²) in [6, 6.07) is 1.66. The molecule has 0 radical (unpaired) electrons. The van der Waals surface area contributed by atoms with Crippen molar-refractivity contribution < 1.29 is 17.7 Å². The summed E-state index contributed by atoms with van der Waals surface area (Å²) in [5.74, 6) is 0.430. The van der Waals surface area contributed by atoms with E-state index >= 15 is 0 Å². The van der Waals surface area contributed by atoms with Gasteiger partial charge in [0.05, 0.1) is 12.5 Å². The fraction of sp³-hybridized carbons (Fsp3) is 0.588. The van der Waals surface area contributed by atoms with Crippen molar-refractivity contribution in [3.05, 3.63) is 35.5 Å². The zero-order valence-electron chi connectivity index (χ0n) is 15.4.